The van der Waals surface area contributed by atoms with E-state index in [1.54, 1.807) is 0 Å². The van der Waals surface area contributed by atoms with Gasteiger partial charge in [0.15, 0.2) is 0 Å². The van der Waals surface area contributed by atoms with Crippen LogP contribution in [0.3, 0.4) is 0 Å². The van der Waals surface area contributed by atoms with Crippen molar-refractivity contribution in [2.24, 2.45) is 5.92 Å². The van der Waals surface area contributed by atoms with E-state index >= 15 is 0 Å². The molecule has 1 N–H and O–H groups in total. The van der Waals surface area contributed by atoms with Crippen molar-refractivity contribution in [1.82, 2.24) is 5.32 Å². The molecule has 0 fully saturated rings. The molecule has 114 valence electrons. The highest BCUT2D eigenvalue weighted by molar-refractivity contribution is 7.99. The Morgan fingerprint density at radius 3 is 2.58 bits per heavy atom. The SMILES string of the molecule is CCNC(C)(CCCSCC(C)CC)C(=O)OCC. The quantitative estimate of drug-likeness (QED) is 0.467. The van der Waals surface area contributed by atoms with Gasteiger partial charge in [0, 0.05) is 0 Å². The van der Waals surface area contributed by atoms with E-state index in [1.165, 1.54) is 12.2 Å². The second kappa shape index (κ2) is 10.6. The smallest absolute Gasteiger partial charge is 0.326 e. The minimum Gasteiger partial charge on any atom is -0.465 e. The van der Waals surface area contributed by atoms with E-state index in [4.69, 9.17) is 4.74 Å². The van der Waals surface area contributed by atoms with Crippen molar-refractivity contribution in [2.75, 3.05) is 24.7 Å². The van der Waals surface area contributed by atoms with E-state index in [0.29, 0.717) is 6.61 Å². The van der Waals surface area contributed by atoms with E-state index in [9.17, 15) is 4.79 Å². The lowest BCUT2D eigenvalue weighted by Crippen LogP contribution is -2.50. The molecule has 0 saturated carbocycles. The first-order valence-electron chi connectivity index (χ1n) is 7.50. The fraction of sp³-hybridized carbons (Fsp3) is 0.933. The van der Waals surface area contributed by atoms with Crippen LogP contribution in [0.4, 0.5) is 0 Å². The Balaban J connectivity index is 4.03. The maximum absolute atomic E-state index is 12.0. The third-order valence-corrected chi connectivity index (χ3v) is 4.74. The molecule has 0 aliphatic heterocycles. The average Bonchev–Trinajstić information content (AvgIpc) is 2.38. The molecule has 0 aliphatic carbocycles. The van der Waals surface area contributed by atoms with Gasteiger partial charge in [0.1, 0.15) is 5.54 Å². The first-order chi connectivity index (χ1) is 9.00. The van der Waals surface area contributed by atoms with Crippen molar-refractivity contribution in [3.05, 3.63) is 0 Å². The van der Waals surface area contributed by atoms with Crippen LogP contribution < -0.4 is 5.32 Å². The number of carbonyl (C=O) groups is 1. The molecule has 0 radical (unpaired) electrons. The Hall–Kier alpha value is -0.220. The molecule has 0 aliphatic rings. The monoisotopic (exact) mass is 289 g/mol. The Morgan fingerprint density at radius 2 is 2.05 bits per heavy atom. The molecule has 0 rings (SSSR count). The molecule has 4 heteroatoms. The lowest BCUT2D eigenvalue weighted by molar-refractivity contribution is -0.150. The zero-order valence-electron chi connectivity index (χ0n) is 13.3. The Morgan fingerprint density at radius 1 is 1.37 bits per heavy atom. The van der Waals surface area contributed by atoms with Gasteiger partial charge < -0.3 is 10.1 Å². The van der Waals surface area contributed by atoms with Crippen molar-refractivity contribution < 1.29 is 9.53 Å². The van der Waals surface area contributed by atoms with Crippen LogP contribution in [0.1, 0.15) is 53.9 Å². The summed E-state index contributed by atoms with van der Waals surface area (Å²) < 4.78 is 5.16. The van der Waals surface area contributed by atoms with Crippen LogP contribution in [-0.2, 0) is 9.53 Å². The van der Waals surface area contributed by atoms with E-state index in [0.717, 1.165) is 31.1 Å². The number of esters is 1. The molecule has 0 aromatic carbocycles. The molecule has 0 bridgehead atoms. The first kappa shape index (κ1) is 18.8. The standard InChI is InChI=1S/C15H31NO2S/c1-6-13(4)12-19-11-9-10-15(5,16-7-2)14(17)18-8-3/h13,16H,6-12H2,1-5H3. The molecule has 0 amide bonds. The molecule has 2 atom stereocenters. The van der Waals surface area contributed by atoms with Gasteiger partial charge in [0.05, 0.1) is 6.61 Å². The lowest BCUT2D eigenvalue weighted by Gasteiger charge is -2.28. The number of hydrogen-bond donors (Lipinski definition) is 1. The van der Waals surface area contributed by atoms with Gasteiger partial charge in [-0.2, -0.15) is 11.8 Å². The number of rotatable bonds is 11. The van der Waals surface area contributed by atoms with Gasteiger partial charge in [0.25, 0.3) is 0 Å². The van der Waals surface area contributed by atoms with Crippen molar-refractivity contribution in [3.63, 3.8) is 0 Å². The predicted octanol–water partition coefficient (Wildman–Crippen LogP) is 3.48. The van der Waals surface area contributed by atoms with Crippen LogP contribution in [0, 0.1) is 5.92 Å². The molecule has 0 aromatic rings. The maximum Gasteiger partial charge on any atom is 0.326 e. The zero-order valence-corrected chi connectivity index (χ0v) is 14.1. The summed E-state index contributed by atoms with van der Waals surface area (Å²) in [7, 11) is 0. The van der Waals surface area contributed by atoms with Gasteiger partial charge in [-0.15, -0.1) is 0 Å². The molecule has 19 heavy (non-hydrogen) atoms. The van der Waals surface area contributed by atoms with Crippen LogP contribution in [0.2, 0.25) is 0 Å². The number of nitrogens with one attached hydrogen (secondary N) is 1. The molecule has 3 nitrogen and oxygen atoms in total. The number of hydrogen-bond acceptors (Lipinski definition) is 4. The Bertz CT molecular complexity index is 248. The van der Waals surface area contributed by atoms with Crippen molar-refractivity contribution in [2.45, 2.75) is 59.4 Å². The fourth-order valence-corrected chi connectivity index (χ4v) is 3.03. The number of likely N-dealkylation sites (N-methyl/N-ethyl adjacent to an activating group) is 1. The summed E-state index contributed by atoms with van der Waals surface area (Å²) in [5.41, 5.74) is -0.526. The molecule has 0 heterocycles. The van der Waals surface area contributed by atoms with Crippen LogP contribution in [0.25, 0.3) is 0 Å². The minimum atomic E-state index is -0.526. The van der Waals surface area contributed by atoms with Crippen LogP contribution in [0.5, 0.6) is 0 Å². The number of carbonyl (C=O) groups excluding carboxylic acids is 1. The van der Waals surface area contributed by atoms with Gasteiger partial charge in [-0.05, 0) is 50.7 Å². The van der Waals surface area contributed by atoms with Gasteiger partial charge in [-0.25, -0.2) is 0 Å². The first-order valence-corrected chi connectivity index (χ1v) is 8.65. The highest BCUT2D eigenvalue weighted by Crippen LogP contribution is 2.18. The number of thioether (sulfide) groups is 1. The van der Waals surface area contributed by atoms with Gasteiger partial charge in [0.2, 0.25) is 0 Å². The Kier molecular flexibility index (Phi) is 10.4. The topological polar surface area (TPSA) is 38.3 Å². The summed E-state index contributed by atoms with van der Waals surface area (Å²) in [6.07, 6.45) is 3.13. The summed E-state index contributed by atoms with van der Waals surface area (Å²) in [6.45, 7) is 11.6. The zero-order chi connectivity index (χ0) is 14.7. The molecule has 0 aromatic heterocycles. The van der Waals surface area contributed by atoms with Crippen molar-refractivity contribution in [1.29, 1.82) is 0 Å². The van der Waals surface area contributed by atoms with E-state index < -0.39 is 5.54 Å². The Labute approximate surface area is 123 Å². The van der Waals surface area contributed by atoms with Crippen LogP contribution >= 0.6 is 11.8 Å². The minimum absolute atomic E-state index is 0.122. The molecular weight excluding hydrogens is 258 g/mol. The highest BCUT2D eigenvalue weighted by Gasteiger charge is 2.32. The summed E-state index contributed by atoms with van der Waals surface area (Å²) >= 11 is 1.99. The average molecular weight is 289 g/mol. The third-order valence-electron chi connectivity index (χ3n) is 3.36. The predicted molar refractivity (Wildman–Crippen MR) is 84.7 cm³/mol. The van der Waals surface area contributed by atoms with Gasteiger partial charge in [-0.3, -0.25) is 4.79 Å². The van der Waals surface area contributed by atoms with E-state index in [-0.39, 0.29) is 5.97 Å². The summed E-state index contributed by atoms with van der Waals surface area (Å²) in [5, 5.41) is 3.27. The van der Waals surface area contributed by atoms with Crippen LogP contribution in [0.15, 0.2) is 0 Å². The summed E-state index contributed by atoms with van der Waals surface area (Å²) in [5.74, 6) is 3.00. The maximum atomic E-state index is 12.0. The number of ether oxygens (including phenoxy) is 1. The molecule has 0 spiro atoms. The summed E-state index contributed by atoms with van der Waals surface area (Å²) in [6, 6.07) is 0. The molecule has 2 unspecified atom stereocenters. The summed E-state index contributed by atoms with van der Waals surface area (Å²) in [4.78, 5) is 12.0. The highest BCUT2D eigenvalue weighted by atomic mass is 32.2. The lowest BCUT2D eigenvalue weighted by atomic mass is 9.96. The normalized spacial score (nSPS) is 15.8. The van der Waals surface area contributed by atoms with Gasteiger partial charge in [-0.1, -0.05) is 27.2 Å². The van der Waals surface area contributed by atoms with Crippen LogP contribution in [-0.4, -0.2) is 36.2 Å². The third kappa shape index (κ3) is 7.83. The second-order valence-electron chi connectivity index (χ2n) is 5.27. The van der Waals surface area contributed by atoms with Gasteiger partial charge >= 0.3 is 5.97 Å². The molecule has 0 saturated heterocycles. The van der Waals surface area contributed by atoms with Crippen molar-refractivity contribution in [3.8, 4) is 0 Å². The van der Waals surface area contributed by atoms with Crippen molar-refractivity contribution >= 4 is 17.7 Å². The second-order valence-corrected chi connectivity index (χ2v) is 6.42. The van der Waals surface area contributed by atoms with E-state index in [2.05, 4.69) is 19.2 Å². The fourth-order valence-electron chi connectivity index (χ4n) is 1.87. The van der Waals surface area contributed by atoms with E-state index in [1.807, 2.05) is 32.5 Å². The molecular formula is C15H31NO2S. The largest absolute Gasteiger partial charge is 0.465 e.